The molecule has 0 unspecified atom stereocenters. The second kappa shape index (κ2) is 5.27. The summed E-state index contributed by atoms with van der Waals surface area (Å²) in [6, 6.07) is 15.4. The highest BCUT2D eigenvalue weighted by atomic mass is 19.1. The van der Waals surface area contributed by atoms with Crippen molar-refractivity contribution in [3.05, 3.63) is 66.0 Å². The Morgan fingerprint density at radius 3 is 2.45 bits per heavy atom. The highest BCUT2D eigenvalue weighted by Gasteiger charge is 2.18. The zero-order chi connectivity index (χ0) is 13.9. The standard InChI is InChI=1S/C16H12FNO2/c17-13-8-4-7-12(9-13)15-14(10-19)16(20-18-15)11-5-2-1-3-6-11/h1-9,19H,10H2. The average molecular weight is 269 g/mol. The molecule has 20 heavy (non-hydrogen) atoms. The molecule has 2 aromatic carbocycles. The molecule has 0 aliphatic rings. The molecule has 0 fully saturated rings. The van der Waals surface area contributed by atoms with Crippen molar-refractivity contribution in [3.63, 3.8) is 0 Å². The van der Waals surface area contributed by atoms with Gasteiger partial charge in [-0.1, -0.05) is 47.6 Å². The predicted molar refractivity (Wildman–Crippen MR) is 73.3 cm³/mol. The van der Waals surface area contributed by atoms with Crippen LogP contribution in [0.3, 0.4) is 0 Å². The molecule has 3 aromatic rings. The number of aliphatic hydroxyl groups is 1. The molecule has 0 saturated carbocycles. The van der Waals surface area contributed by atoms with Crippen LogP contribution in [-0.4, -0.2) is 10.3 Å². The second-order valence-electron chi connectivity index (χ2n) is 4.37. The van der Waals surface area contributed by atoms with E-state index in [0.29, 0.717) is 22.6 Å². The Morgan fingerprint density at radius 2 is 1.75 bits per heavy atom. The summed E-state index contributed by atoms with van der Waals surface area (Å²) in [4.78, 5) is 0. The van der Waals surface area contributed by atoms with E-state index in [4.69, 9.17) is 4.52 Å². The molecule has 1 N–H and O–H groups in total. The number of halogens is 1. The van der Waals surface area contributed by atoms with Gasteiger partial charge in [0, 0.05) is 11.1 Å². The minimum atomic E-state index is -0.351. The van der Waals surface area contributed by atoms with E-state index in [-0.39, 0.29) is 12.4 Å². The third-order valence-electron chi connectivity index (χ3n) is 3.08. The number of aromatic nitrogens is 1. The number of rotatable bonds is 3. The molecule has 3 nitrogen and oxygen atoms in total. The second-order valence-corrected chi connectivity index (χ2v) is 4.37. The van der Waals surface area contributed by atoms with Gasteiger partial charge in [-0.25, -0.2) is 4.39 Å². The molecule has 0 amide bonds. The van der Waals surface area contributed by atoms with Crippen molar-refractivity contribution in [1.82, 2.24) is 5.16 Å². The van der Waals surface area contributed by atoms with Gasteiger partial charge in [-0.15, -0.1) is 0 Å². The summed E-state index contributed by atoms with van der Waals surface area (Å²) in [5, 5.41) is 13.6. The lowest BCUT2D eigenvalue weighted by Gasteiger charge is -2.01. The van der Waals surface area contributed by atoms with Crippen molar-refractivity contribution in [2.75, 3.05) is 0 Å². The number of aliphatic hydroxyl groups excluding tert-OH is 1. The van der Waals surface area contributed by atoms with E-state index in [1.165, 1.54) is 12.1 Å². The maximum absolute atomic E-state index is 13.3. The fraction of sp³-hybridized carbons (Fsp3) is 0.0625. The molecule has 3 rings (SSSR count). The Hall–Kier alpha value is -2.46. The number of benzene rings is 2. The van der Waals surface area contributed by atoms with Gasteiger partial charge in [-0.05, 0) is 12.1 Å². The monoisotopic (exact) mass is 269 g/mol. The summed E-state index contributed by atoms with van der Waals surface area (Å²) in [6.07, 6.45) is 0. The van der Waals surface area contributed by atoms with Crippen LogP contribution >= 0.6 is 0 Å². The van der Waals surface area contributed by atoms with Crippen LogP contribution in [-0.2, 0) is 6.61 Å². The third-order valence-corrected chi connectivity index (χ3v) is 3.08. The summed E-state index contributed by atoms with van der Waals surface area (Å²) in [5.74, 6) is 0.156. The average Bonchev–Trinajstić information content (AvgIpc) is 2.92. The molecule has 0 spiro atoms. The van der Waals surface area contributed by atoms with E-state index in [2.05, 4.69) is 5.16 Å². The minimum absolute atomic E-state index is 0.223. The van der Waals surface area contributed by atoms with E-state index in [1.807, 2.05) is 30.3 Å². The van der Waals surface area contributed by atoms with Crippen LogP contribution in [0.4, 0.5) is 4.39 Å². The maximum Gasteiger partial charge on any atom is 0.173 e. The zero-order valence-electron chi connectivity index (χ0n) is 10.6. The summed E-state index contributed by atoms with van der Waals surface area (Å²) >= 11 is 0. The Morgan fingerprint density at radius 1 is 1.00 bits per heavy atom. The predicted octanol–water partition coefficient (Wildman–Crippen LogP) is 3.64. The minimum Gasteiger partial charge on any atom is -0.391 e. The molecule has 1 aromatic heterocycles. The van der Waals surface area contributed by atoms with Gasteiger partial charge in [0.05, 0.1) is 12.2 Å². The zero-order valence-corrected chi connectivity index (χ0v) is 10.6. The quantitative estimate of drug-likeness (QED) is 0.789. The largest absolute Gasteiger partial charge is 0.391 e. The first-order valence-corrected chi connectivity index (χ1v) is 6.20. The normalized spacial score (nSPS) is 10.7. The van der Waals surface area contributed by atoms with Crippen LogP contribution in [0.2, 0.25) is 0 Å². The van der Waals surface area contributed by atoms with Crippen LogP contribution in [0.25, 0.3) is 22.6 Å². The molecule has 100 valence electrons. The molecule has 0 aliphatic heterocycles. The first kappa shape index (κ1) is 12.6. The van der Waals surface area contributed by atoms with Crippen molar-refractivity contribution in [2.24, 2.45) is 0 Å². The fourth-order valence-corrected chi connectivity index (χ4v) is 2.13. The first-order valence-electron chi connectivity index (χ1n) is 6.20. The Labute approximate surface area is 115 Å². The van der Waals surface area contributed by atoms with Crippen LogP contribution in [0, 0.1) is 5.82 Å². The van der Waals surface area contributed by atoms with Crippen LogP contribution in [0.1, 0.15) is 5.56 Å². The number of hydrogen-bond acceptors (Lipinski definition) is 3. The molecule has 0 aliphatic carbocycles. The first-order chi connectivity index (χ1) is 9.79. The maximum atomic E-state index is 13.3. The Bertz CT molecular complexity index is 722. The van der Waals surface area contributed by atoms with Crippen molar-refractivity contribution in [1.29, 1.82) is 0 Å². The van der Waals surface area contributed by atoms with Crippen LogP contribution < -0.4 is 0 Å². The number of hydrogen-bond donors (Lipinski definition) is 1. The van der Waals surface area contributed by atoms with Gasteiger partial charge in [0.15, 0.2) is 5.76 Å². The third kappa shape index (κ3) is 2.21. The van der Waals surface area contributed by atoms with Gasteiger partial charge in [-0.2, -0.15) is 0 Å². The van der Waals surface area contributed by atoms with Crippen molar-refractivity contribution < 1.29 is 14.0 Å². The smallest absolute Gasteiger partial charge is 0.173 e. The van der Waals surface area contributed by atoms with E-state index >= 15 is 0 Å². The summed E-state index contributed by atoms with van der Waals surface area (Å²) in [5.41, 5.74) is 2.43. The molecule has 0 saturated heterocycles. The number of nitrogens with zero attached hydrogens (tertiary/aromatic N) is 1. The highest BCUT2D eigenvalue weighted by Crippen LogP contribution is 2.32. The summed E-state index contributed by atoms with van der Waals surface area (Å²) in [6.45, 7) is -0.223. The molecule has 1 heterocycles. The molecule has 0 atom stereocenters. The SMILES string of the molecule is OCc1c(-c2cccc(F)c2)noc1-c1ccccc1. The lowest BCUT2D eigenvalue weighted by Crippen LogP contribution is -1.89. The van der Waals surface area contributed by atoms with E-state index < -0.39 is 0 Å². The Kier molecular flexibility index (Phi) is 3.31. The topological polar surface area (TPSA) is 46.3 Å². The van der Waals surface area contributed by atoms with E-state index in [0.717, 1.165) is 5.56 Å². The van der Waals surface area contributed by atoms with E-state index in [9.17, 15) is 9.50 Å². The van der Waals surface area contributed by atoms with Gasteiger partial charge < -0.3 is 9.63 Å². The summed E-state index contributed by atoms with van der Waals surface area (Å²) in [7, 11) is 0. The molecule has 4 heteroatoms. The molecule has 0 radical (unpaired) electrons. The van der Waals surface area contributed by atoms with Gasteiger partial charge in [0.25, 0.3) is 0 Å². The van der Waals surface area contributed by atoms with Crippen molar-refractivity contribution in [3.8, 4) is 22.6 Å². The lowest BCUT2D eigenvalue weighted by atomic mass is 10.0. The summed E-state index contributed by atoms with van der Waals surface area (Å²) < 4.78 is 18.6. The highest BCUT2D eigenvalue weighted by molar-refractivity contribution is 5.72. The van der Waals surface area contributed by atoms with Gasteiger partial charge in [-0.3, -0.25) is 0 Å². The molecular formula is C16H12FNO2. The van der Waals surface area contributed by atoms with Gasteiger partial charge in [0.1, 0.15) is 11.5 Å². The van der Waals surface area contributed by atoms with Crippen molar-refractivity contribution in [2.45, 2.75) is 6.61 Å². The van der Waals surface area contributed by atoms with Gasteiger partial charge >= 0.3 is 0 Å². The Balaban J connectivity index is 2.13. The molecule has 0 bridgehead atoms. The molecular weight excluding hydrogens is 257 g/mol. The van der Waals surface area contributed by atoms with E-state index in [1.54, 1.807) is 12.1 Å². The van der Waals surface area contributed by atoms with Crippen molar-refractivity contribution >= 4 is 0 Å². The van der Waals surface area contributed by atoms with Crippen LogP contribution in [0.5, 0.6) is 0 Å². The van der Waals surface area contributed by atoms with Crippen LogP contribution in [0.15, 0.2) is 59.1 Å². The fourth-order valence-electron chi connectivity index (χ4n) is 2.13. The van der Waals surface area contributed by atoms with Gasteiger partial charge in [0.2, 0.25) is 0 Å². The lowest BCUT2D eigenvalue weighted by molar-refractivity contribution is 0.281.